The number of thiophene rings is 1. The van der Waals surface area contributed by atoms with Crippen LogP contribution in [0.1, 0.15) is 37.6 Å². The van der Waals surface area contributed by atoms with E-state index in [-0.39, 0.29) is 35.6 Å². The molecule has 7 nitrogen and oxygen atoms in total. The number of nitrogens with zero attached hydrogens (tertiary/aromatic N) is 3. The van der Waals surface area contributed by atoms with Crippen molar-refractivity contribution in [2.75, 3.05) is 38.5 Å². The number of halogens is 1. The molecule has 0 radical (unpaired) electrons. The number of nitrogens with one attached hydrogen (secondary N) is 1. The number of amides is 1. The molecule has 0 atom stereocenters. The molecule has 1 aromatic heterocycles. The molecule has 1 saturated heterocycles. The third-order valence-corrected chi connectivity index (χ3v) is 8.98. The number of hydrogen-bond acceptors (Lipinski definition) is 5. The number of aliphatic imine (C=N–C) groups is 1. The minimum absolute atomic E-state index is 0. The van der Waals surface area contributed by atoms with Crippen LogP contribution in [0.15, 0.2) is 16.4 Å². The molecule has 164 valence electrons. The Kier molecular flexibility index (Phi) is 8.37. The summed E-state index contributed by atoms with van der Waals surface area (Å²) in [6, 6.07) is 2.10. The van der Waals surface area contributed by atoms with Crippen molar-refractivity contribution in [2.24, 2.45) is 4.99 Å². The van der Waals surface area contributed by atoms with E-state index < -0.39 is 14.6 Å². The number of guanidine groups is 1. The average Bonchev–Trinajstić information content (AvgIpc) is 3.11. The van der Waals surface area contributed by atoms with E-state index >= 15 is 0 Å². The first-order valence-electron chi connectivity index (χ1n) is 9.82. The van der Waals surface area contributed by atoms with Gasteiger partial charge < -0.3 is 15.1 Å². The summed E-state index contributed by atoms with van der Waals surface area (Å²) in [7, 11) is -3.09. The summed E-state index contributed by atoms with van der Waals surface area (Å²) in [4.78, 5) is 22.5. The molecule has 0 aliphatic carbocycles. The number of hydrogen-bond donors (Lipinski definition) is 1. The van der Waals surface area contributed by atoms with Gasteiger partial charge in [-0.1, -0.05) is 0 Å². The first-order chi connectivity index (χ1) is 13.2. The van der Waals surface area contributed by atoms with Crippen molar-refractivity contribution in [3.05, 3.63) is 21.9 Å². The highest BCUT2D eigenvalue weighted by Crippen LogP contribution is 2.25. The fraction of sp³-hybridized carbons (Fsp3) is 0.684. The minimum atomic E-state index is -3.09. The van der Waals surface area contributed by atoms with Crippen molar-refractivity contribution >= 4 is 57.0 Å². The van der Waals surface area contributed by atoms with Gasteiger partial charge in [0, 0.05) is 44.0 Å². The Morgan fingerprint density at radius 2 is 2.07 bits per heavy atom. The summed E-state index contributed by atoms with van der Waals surface area (Å²) in [6.45, 7) is 8.90. The molecule has 2 aliphatic rings. The predicted octanol–water partition coefficient (Wildman–Crippen LogP) is 2.12. The van der Waals surface area contributed by atoms with Gasteiger partial charge in [0.2, 0.25) is 5.91 Å². The molecule has 1 amide bonds. The van der Waals surface area contributed by atoms with Crippen LogP contribution in [0.2, 0.25) is 0 Å². The molecule has 3 rings (SSSR count). The Balaban J connectivity index is 0.00000300. The van der Waals surface area contributed by atoms with E-state index in [1.807, 2.05) is 16.7 Å². The summed E-state index contributed by atoms with van der Waals surface area (Å²) in [5.41, 5.74) is 1.26. The van der Waals surface area contributed by atoms with Gasteiger partial charge in [-0.25, -0.2) is 8.42 Å². The monoisotopic (exact) mass is 554 g/mol. The lowest BCUT2D eigenvalue weighted by atomic mass is 10.1. The SMILES string of the molecule is CCNC(=NCCC(=O)N1CCc2sccc2C1)N1CCS(=O)(=O)C(C)(C)C1.I. The predicted molar refractivity (Wildman–Crippen MR) is 129 cm³/mol. The van der Waals surface area contributed by atoms with Crippen LogP contribution in [0.5, 0.6) is 0 Å². The van der Waals surface area contributed by atoms with Gasteiger partial charge in [-0.3, -0.25) is 9.79 Å². The van der Waals surface area contributed by atoms with Gasteiger partial charge in [0.05, 0.1) is 17.0 Å². The van der Waals surface area contributed by atoms with Crippen LogP contribution in [0.3, 0.4) is 0 Å². The van der Waals surface area contributed by atoms with Gasteiger partial charge in [-0.15, -0.1) is 35.3 Å². The second kappa shape index (κ2) is 9.95. The van der Waals surface area contributed by atoms with Crippen molar-refractivity contribution < 1.29 is 13.2 Å². The van der Waals surface area contributed by atoms with E-state index in [1.54, 1.807) is 25.2 Å². The summed E-state index contributed by atoms with van der Waals surface area (Å²) in [6.07, 6.45) is 1.30. The van der Waals surface area contributed by atoms with Gasteiger partial charge in [0.15, 0.2) is 15.8 Å². The molecule has 0 aromatic carbocycles. The zero-order valence-corrected chi connectivity index (χ0v) is 21.3. The summed E-state index contributed by atoms with van der Waals surface area (Å²) < 4.78 is 23.7. The number of fused-ring (bicyclic) bond motifs is 1. The smallest absolute Gasteiger partial charge is 0.224 e. The third kappa shape index (κ3) is 5.63. The maximum atomic E-state index is 12.6. The second-order valence-electron chi connectivity index (χ2n) is 7.92. The Labute approximate surface area is 194 Å². The highest BCUT2D eigenvalue weighted by atomic mass is 127. The Bertz CT molecular complexity index is 851. The molecule has 1 N–H and O–H groups in total. The molecule has 2 aliphatic heterocycles. The lowest BCUT2D eigenvalue weighted by molar-refractivity contribution is -0.131. The maximum absolute atomic E-state index is 12.6. The lowest BCUT2D eigenvalue weighted by Gasteiger charge is -2.39. The van der Waals surface area contributed by atoms with E-state index in [9.17, 15) is 13.2 Å². The van der Waals surface area contributed by atoms with Crippen molar-refractivity contribution in [1.29, 1.82) is 0 Å². The van der Waals surface area contributed by atoms with E-state index in [2.05, 4.69) is 21.8 Å². The van der Waals surface area contributed by atoms with Crippen LogP contribution in [0.25, 0.3) is 0 Å². The van der Waals surface area contributed by atoms with Crippen molar-refractivity contribution in [3.63, 3.8) is 0 Å². The topological polar surface area (TPSA) is 82.1 Å². The summed E-state index contributed by atoms with van der Waals surface area (Å²) in [5.74, 6) is 0.940. The molecule has 1 fully saturated rings. The molecule has 10 heteroatoms. The molecule has 1 aromatic rings. The molecular weight excluding hydrogens is 523 g/mol. The molecule has 0 spiro atoms. The zero-order valence-electron chi connectivity index (χ0n) is 17.3. The first-order valence-corrected chi connectivity index (χ1v) is 12.4. The largest absolute Gasteiger partial charge is 0.357 e. The molecular formula is C19H31IN4O3S2. The molecule has 0 bridgehead atoms. The van der Waals surface area contributed by atoms with Crippen LogP contribution in [0.4, 0.5) is 0 Å². The van der Waals surface area contributed by atoms with E-state index in [4.69, 9.17) is 0 Å². The van der Waals surface area contributed by atoms with Gasteiger partial charge in [0.1, 0.15) is 0 Å². The molecule has 29 heavy (non-hydrogen) atoms. The van der Waals surface area contributed by atoms with Crippen molar-refractivity contribution in [2.45, 2.75) is 44.9 Å². The van der Waals surface area contributed by atoms with Crippen LogP contribution >= 0.6 is 35.3 Å². The van der Waals surface area contributed by atoms with Gasteiger partial charge >= 0.3 is 0 Å². The average molecular weight is 555 g/mol. The molecule has 0 saturated carbocycles. The fourth-order valence-corrected chi connectivity index (χ4v) is 5.88. The van der Waals surface area contributed by atoms with Crippen LogP contribution in [-0.4, -0.2) is 73.3 Å². The van der Waals surface area contributed by atoms with E-state index in [1.165, 1.54) is 10.4 Å². The highest BCUT2D eigenvalue weighted by molar-refractivity contribution is 14.0. The standard InChI is InChI=1S/C19H30N4O3S2.HI/c1-4-20-18(23-10-12-28(25,26)19(2,3)14-23)21-8-5-17(24)22-9-6-16-15(13-22)7-11-27-16;/h7,11H,4-6,8-10,12-14H2,1-3H3,(H,20,21);1H. The molecule has 0 unspecified atom stereocenters. The lowest BCUT2D eigenvalue weighted by Crippen LogP contribution is -2.57. The number of rotatable bonds is 4. The van der Waals surface area contributed by atoms with Gasteiger partial charge in [-0.2, -0.15) is 0 Å². The quantitative estimate of drug-likeness (QED) is 0.351. The second-order valence-corrected chi connectivity index (χ2v) is 11.7. The van der Waals surface area contributed by atoms with Crippen LogP contribution in [0, 0.1) is 0 Å². The minimum Gasteiger partial charge on any atom is -0.357 e. The number of carbonyl (C=O) groups excluding carboxylic acids is 1. The van der Waals surface area contributed by atoms with E-state index in [0.717, 1.165) is 13.0 Å². The Hall–Kier alpha value is -0.880. The molecule has 3 heterocycles. The zero-order chi connectivity index (χ0) is 20.4. The Morgan fingerprint density at radius 1 is 1.31 bits per heavy atom. The highest BCUT2D eigenvalue weighted by Gasteiger charge is 2.41. The summed E-state index contributed by atoms with van der Waals surface area (Å²) in [5, 5.41) is 5.33. The normalized spacial score (nSPS) is 20.6. The summed E-state index contributed by atoms with van der Waals surface area (Å²) >= 11 is 1.77. The van der Waals surface area contributed by atoms with Gasteiger partial charge in [0.25, 0.3) is 0 Å². The maximum Gasteiger partial charge on any atom is 0.224 e. The van der Waals surface area contributed by atoms with Crippen molar-refractivity contribution in [3.8, 4) is 0 Å². The van der Waals surface area contributed by atoms with Gasteiger partial charge in [-0.05, 0) is 44.2 Å². The number of carbonyl (C=O) groups is 1. The Morgan fingerprint density at radius 3 is 2.76 bits per heavy atom. The first kappa shape index (κ1) is 24.4. The van der Waals surface area contributed by atoms with E-state index in [0.29, 0.717) is 45.1 Å². The third-order valence-electron chi connectivity index (χ3n) is 5.43. The van der Waals surface area contributed by atoms with Crippen LogP contribution in [-0.2, 0) is 27.6 Å². The van der Waals surface area contributed by atoms with Crippen molar-refractivity contribution in [1.82, 2.24) is 15.1 Å². The fourth-order valence-electron chi connectivity index (χ4n) is 3.63. The van der Waals surface area contributed by atoms with Crippen LogP contribution < -0.4 is 5.32 Å². The number of sulfone groups is 1.